The van der Waals surface area contributed by atoms with Crippen LogP contribution in [0.5, 0.6) is 5.75 Å². The first-order valence-electron chi connectivity index (χ1n) is 9.54. The molecule has 0 bridgehead atoms. The molecule has 2 aromatic rings. The molecule has 29 heavy (non-hydrogen) atoms. The summed E-state index contributed by atoms with van der Waals surface area (Å²) in [6.45, 7) is 5.48. The molecule has 0 N–H and O–H groups in total. The number of allylic oxidation sites excluding steroid dienone is 1. The highest BCUT2D eigenvalue weighted by molar-refractivity contribution is 9.10. The number of ether oxygens (including phenoxy) is 3. The first-order chi connectivity index (χ1) is 14.0. The van der Waals surface area contributed by atoms with E-state index >= 15 is 0 Å². The van der Waals surface area contributed by atoms with Crippen LogP contribution in [0.4, 0.5) is 0 Å². The van der Waals surface area contributed by atoms with Crippen molar-refractivity contribution in [1.29, 1.82) is 0 Å². The van der Waals surface area contributed by atoms with Crippen molar-refractivity contribution in [2.24, 2.45) is 0 Å². The zero-order valence-electron chi connectivity index (χ0n) is 16.6. The Kier molecular flexibility index (Phi) is 6.42. The average molecular weight is 459 g/mol. The van der Waals surface area contributed by atoms with Crippen LogP contribution in [-0.4, -0.2) is 30.8 Å². The van der Waals surface area contributed by atoms with Crippen LogP contribution in [0.3, 0.4) is 0 Å². The summed E-state index contributed by atoms with van der Waals surface area (Å²) in [4.78, 5) is 26.3. The first-order valence-corrected chi connectivity index (χ1v) is 10.3. The predicted molar refractivity (Wildman–Crippen MR) is 113 cm³/mol. The summed E-state index contributed by atoms with van der Waals surface area (Å²) in [6, 6.07) is 15.1. The van der Waals surface area contributed by atoms with E-state index in [4.69, 9.17) is 14.2 Å². The number of esters is 2. The van der Waals surface area contributed by atoms with E-state index in [1.165, 1.54) is 0 Å². The fraction of sp³-hybridized carbons (Fsp3) is 0.304. The lowest BCUT2D eigenvalue weighted by molar-refractivity contribution is -0.161. The highest BCUT2D eigenvalue weighted by Gasteiger charge is 2.60. The maximum Gasteiger partial charge on any atom is 0.356 e. The van der Waals surface area contributed by atoms with E-state index in [1.807, 2.05) is 42.5 Å². The topological polar surface area (TPSA) is 61.8 Å². The lowest BCUT2D eigenvalue weighted by atomic mass is 9.74. The molecular weight excluding hydrogens is 436 g/mol. The molecule has 0 spiro atoms. The monoisotopic (exact) mass is 458 g/mol. The summed E-state index contributed by atoms with van der Waals surface area (Å²) < 4.78 is 17.8. The van der Waals surface area contributed by atoms with E-state index in [2.05, 4.69) is 15.9 Å². The molecule has 0 amide bonds. The Bertz CT molecular complexity index is 938. The molecule has 1 aliphatic heterocycles. The van der Waals surface area contributed by atoms with Gasteiger partial charge in [-0.05, 0) is 38.5 Å². The molecule has 0 aliphatic carbocycles. The van der Waals surface area contributed by atoms with E-state index in [0.29, 0.717) is 5.75 Å². The van der Waals surface area contributed by atoms with Gasteiger partial charge >= 0.3 is 11.9 Å². The van der Waals surface area contributed by atoms with Crippen molar-refractivity contribution in [2.75, 3.05) is 13.2 Å². The Hall–Kier alpha value is -2.60. The second-order valence-corrected chi connectivity index (χ2v) is 7.42. The maximum atomic E-state index is 13.4. The Morgan fingerprint density at radius 3 is 2.41 bits per heavy atom. The van der Waals surface area contributed by atoms with Crippen molar-refractivity contribution in [3.05, 3.63) is 75.8 Å². The molecule has 2 atom stereocenters. The van der Waals surface area contributed by atoms with Gasteiger partial charge in [0, 0.05) is 10.0 Å². The van der Waals surface area contributed by atoms with Crippen LogP contribution in [0.1, 0.15) is 37.8 Å². The van der Waals surface area contributed by atoms with E-state index in [-0.39, 0.29) is 18.8 Å². The van der Waals surface area contributed by atoms with Gasteiger partial charge in [-0.1, -0.05) is 58.4 Å². The normalized spacial score (nSPS) is 20.6. The van der Waals surface area contributed by atoms with Crippen molar-refractivity contribution in [3.8, 4) is 5.75 Å². The Balaban J connectivity index is 2.30. The van der Waals surface area contributed by atoms with Crippen LogP contribution in [-0.2, 0) is 19.1 Å². The van der Waals surface area contributed by atoms with E-state index in [0.717, 1.165) is 15.6 Å². The quantitative estimate of drug-likeness (QED) is 0.460. The molecule has 6 heteroatoms. The summed E-state index contributed by atoms with van der Waals surface area (Å²) in [5.74, 6) is -1.27. The van der Waals surface area contributed by atoms with Gasteiger partial charge in [0.1, 0.15) is 5.75 Å². The summed E-state index contributed by atoms with van der Waals surface area (Å²) in [6.07, 6.45) is 1.58. The van der Waals surface area contributed by atoms with Crippen molar-refractivity contribution in [2.45, 2.75) is 32.3 Å². The van der Waals surface area contributed by atoms with Crippen LogP contribution in [0.15, 0.2) is 64.7 Å². The fourth-order valence-electron chi connectivity index (χ4n) is 3.76. The molecule has 152 valence electrons. The van der Waals surface area contributed by atoms with Gasteiger partial charge in [0.15, 0.2) is 0 Å². The molecule has 5 nitrogen and oxygen atoms in total. The van der Waals surface area contributed by atoms with Crippen LogP contribution in [0, 0.1) is 0 Å². The number of fused-ring (bicyclic) bond motifs is 1. The van der Waals surface area contributed by atoms with Crippen molar-refractivity contribution in [1.82, 2.24) is 0 Å². The minimum atomic E-state index is -1.68. The lowest BCUT2D eigenvalue weighted by Crippen LogP contribution is -2.52. The number of carbonyl (C=O) groups is 2. The van der Waals surface area contributed by atoms with Gasteiger partial charge in [0.05, 0.1) is 24.7 Å². The predicted octanol–water partition coefficient (Wildman–Crippen LogP) is 4.78. The molecular formula is C23H23BrO5. The summed E-state index contributed by atoms with van der Waals surface area (Å²) in [5, 5.41) is 0. The zero-order valence-corrected chi connectivity index (χ0v) is 18.2. The Morgan fingerprint density at radius 1 is 1.10 bits per heavy atom. The van der Waals surface area contributed by atoms with Gasteiger partial charge in [0.2, 0.25) is 5.60 Å². The molecule has 0 saturated carbocycles. The highest BCUT2D eigenvalue weighted by Crippen LogP contribution is 2.53. The van der Waals surface area contributed by atoms with E-state index in [1.54, 1.807) is 32.9 Å². The molecule has 0 aromatic heterocycles. The third-order valence-electron chi connectivity index (χ3n) is 4.86. The Labute approximate surface area is 178 Å². The molecule has 3 rings (SSSR count). The third-order valence-corrected chi connectivity index (χ3v) is 5.35. The van der Waals surface area contributed by atoms with Crippen LogP contribution in [0.2, 0.25) is 0 Å². The molecule has 2 aromatic carbocycles. The van der Waals surface area contributed by atoms with Gasteiger partial charge in [-0.3, -0.25) is 0 Å². The second-order valence-electron chi connectivity index (χ2n) is 6.51. The van der Waals surface area contributed by atoms with Gasteiger partial charge in [-0.15, -0.1) is 0 Å². The molecule has 0 saturated heterocycles. The molecule has 0 unspecified atom stereocenters. The standard InChI is InChI=1S/C23H23BrO5/c1-4-18(21(25)27-5-2)23(22(26)28-6-3)20(15-10-8-7-9-11-15)17-13-12-16(24)14-19(17)29-23/h4,7-14,20H,5-6H2,1-3H3/b18-4+/t20-,23+/m0/s1. The molecule has 0 fully saturated rings. The number of halogens is 1. The van der Waals surface area contributed by atoms with E-state index in [9.17, 15) is 9.59 Å². The number of hydrogen-bond donors (Lipinski definition) is 0. The summed E-state index contributed by atoms with van der Waals surface area (Å²) >= 11 is 3.45. The number of benzene rings is 2. The van der Waals surface area contributed by atoms with Gasteiger partial charge in [-0.2, -0.15) is 0 Å². The van der Waals surface area contributed by atoms with Crippen LogP contribution < -0.4 is 4.74 Å². The average Bonchev–Trinajstić information content (AvgIpc) is 3.04. The third kappa shape index (κ3) is 3.69. The maximum absolute atomic E-state index is 13.4. The Morgan fingerprint density at radius 2 is 1.79 bits per heavy atom. The zero-order chi connectivity index (χ0) is 21.0. The molecule has 1 heterocycles. The van der Waals surface area contributed by atoms with E-state index < -0.39 is 23.5 Å². The van der Waals surface area contributed by atoms with Crippen LogP contribution in [0.25, 0.3) is 0 Å². The lowest BCUT2D eigenvalue weighted by Gasteiger charge is -2.33. The number of hydrogen-bond acceptors (Lipinski definition) is 5. The van der Waals surface area contributed by atoms with Gasteiger partial charge in [0.25, 0.3) is 0 Å². The van der Waals surface area contributed by atoms with Gasteiger partial charge < -0.3 is 14.2 Å². The minimum absolute atomic E-state index is 0.124. The molecule has 0 radical (unpaired) electrons. The number of rotatable bonds is 6. The van der Waals surface area contributed by atoms with Crippen molar-refractivity contribution < 1.29 is 23.8 Å². The van der Waals surface area contributed by atoms with Crippen molar-refractivity contribution >= 4 is 27.9 Å². The second kappa shape index (κ2) is 8.82. The number of carbonyl (C=O) groups excluding carboxylic acids is 2. The SMILES string of the molecule is C/C=C(\C(=O)OCC)[C@@]1(C(=O)OCC)Oc2cc(Br)ccc2[C@@H]1c1ccccc1. The van der Waals surface area contributed by atoms with Crippen molar-refractivity contribution in [3.63, 3.8) is 0 Å². The molecule has 1 aliphatic rings. The first kappa shape index (κ1) is 21.1. The van der Waals surface area contributed by atoms with Gasteiger partial charge in [-0.25, -0.2) is 9.59 Å². The van der Waals surface area contributed by atoms with Crippen LogP contribution >= 0.6 is 15.9 Å². The largest absolute Gasteiger partial charge is 0.469 e. The highest BCUT2D eigenvalue weighted by atomic mass is 79.9. The summed E-state index contributed by atoms with van der Waals surface area (Å²) in [7, 11) is 0. The minimum Gasteiger partial charge on any atom is -0.469 e. The smallest absolute Gasteiger partial charge is 0.356 e. The fourth-order valence-corrected chi connectivity index (χ4v) is 4.10. The summed E-state index contributed by atoms with van der Waals surface area (Å²) in [5.41, 5.74) is 0.0851.